The summed E-state index contributed by atoms with van der Waals surface area (Å²) >= 11 is 0. The van der Waals surface area contributed by atoms with E-state index in [1.54, 1.807) is 20.4 Å². The molecule has 0 saturated carbocycles. The summed E-state index contributed by atoms with van der Waals surface area (Å²) in [6.45, 7) is 2.57. The molecule has 14 heavy (non-hydrogen) atoms. The molecule has 0 aliphatic rings. The molecule has 0 aliphatic heterocycles. The first-order valence-corrected chi connectivity index (χ1v) is 4.49. The van der Waals surface area contributed by atoms with E-state index in [0.29, 0.717) is 6.54 Å². The van der Waals surface area contributed by atoms with Gasteiger partial charge in [0.25, 0.3) is 0 Å². The number of pyridine rings is 1. The number of nitrogens with zero attached hydrogens (tertiary/aromatic N) is 1. The van der Waals surface area contributed by atoms with Crippen LogP contribution in [0.15, 0.2) is 18.3 Å². The quantitative estimate of drug-likeness (QED) is 0.723. The van der Waals surface area contributed by atoms with Gasteiger partial charge in [-0.25, -0.2) is 0 Å². The van der Waals surface area contributed by atoms with Gasteiger partial charge in [0.15, 0.2) is 6.29 Å². The molecule has 0 amide bonds. The zero-order valence-corrected chi connectivity index (χ0v) is 8.78. The van der Waals surface area contributed by atoms with Gasteiger partial charge in [-0.15, -0.1) is 0 Å². The molecule has 1 heterocycles. The van der Waals surface area contributed by atoms with Crippen LogP contribution in [0.4, 0.5) is 5.69 Å². The van der Waals surface area contributed by atoms with E-state index in [0.717, 1.165) is 11.4 Å². The van der Waals surface area contributed by atoms with Crippen LogP contribution in [0.5, 0.6) is 0 Å². The number of nitrogens with one attached hydrogen (secondary N) is 1. The molecule has 0 aliphatic carbocycles. The van der Waals surface area contributed by atoms with Crippen molar-refractivity contribution in [3.05, 3.63) is 24.0 Å². The minimum atomic E-state index is -0.227. The molecule has 0 aromatic carbocycles. The maximum atomic E-state index is 5.06. The minimum Gasteiger partial charge on any atom is -0.378 e. The summed E-state index contributed by atoms with van der Waals surface area (Å²) in [6.07, 6.45) is 1.54. The molecule has 0 radical (unpaired) electrons. The normalized spacial score (nSPS) is 10.6. The number of rotatable bonds is 5. The maximum Gasteiger partial charge on any atom is 0.173 e. The van der Waals surface area contributed by atoms with Crippen molar-refractivity contribution in [1.82, 2.24) is 4.98 Å². The Hall–Kier alpha value is -1.13. The Labute approximate surface area is 84.3 Å². The Morgan fingerprint density at radius 1 is 1.43 bits per heavy atom. The van der Waals surface area contributed by atoms with Crippen LogP contribution in [0.25, 0.3) is 0 Å². The lowest BCUT2D eigenvalue weighted by atomic mass is 10.3. The van der Waals surface area contributed by atoms with Gasteiger partial charge in [0.05, 0.1) is 17.9 Å². The van der Waals surface area contributed by atoms with Crippen molar-refractivity contribution in [3.8, 4) is 0 Å². The third kappa shape index (κ3) is 2.97. The van der Waals surface area contributed by atoms with E-state index in [-0.39, 0.29) is 6.29 Å². The topological polar surface area (TPSA) is 43.4 Å². The van der Waals surface area contributed by atoms with Gasteiger partial charge in [0.1, 0.15) is 0 Å². The largest absolute Gasteiger partial charge is 0.378 e. The monoisotopic (exact) mass is 196 g/mol. The number of anilines is 1. The predicted molar refractivity (Wildman–Crippen MR) is 55.3 cm³/mol. The molecule has 0 atom stereocenters. The fourth-order valence-corrected chi connectivity index (χ4v) is 1.13. The number of methoxy groups -OCH3 is 2. The van der Waals surface area contributed by atoms with E-state index >= 15 is 0 Å². The lowest BCUT2D eigenvalue weighted by Gasteiger charge is -2.15. The molecule has 0 fully saturated rings. The minimum absolute atomic E-state index is 0.227. The second-order valence-corrected chi connectivity index (χ2v) is 2.92. The van der Waals surface area contributed by atoms with Gasteiger partial charge in [-0.2, -0.15) is 0 Å². The Balaban J connectivity index is 2.49. The van der Waals surface area contributed by atoms with Crippen LogP contribution in [0.3, 0.4) is 0 Å². The molecule has 4 heteroatoms. The molecular weight excluding hydrogens is 180 g/mol. The molecule has 0 spiro atoms. The Kier molecular flexibility index (Phi) is 4.35. The second-order valence-electron chi connectivity index (χ2n) is 2.92. The third-order valence-electron chi connectivity index (χ3n) is 1.99. The summed E-state index contributed by atoms with van der Waals surface area (Å²) in [6, 6.07) is 3.87. The number of ether oxygens (including phenoxy) is 2. The number of hydrogen-bond acceptors (Lipinski definition) is 4. The van der Waals surface area contributed by atoms with E-state index in [1.807, 2.05) is 19.1 Å². The smallest absolute Gasteiger partial charge is 0.173 e. The van der Waals surface area contributed by atoms with Gasteiger partial charge in [0, 0.05) is 20.4 Å². The van der Waals surface area contributed by atoms with Crippen molar-refractivity contribution in [2.45, 2.75) is 13.2 Å². The van der Waals surface area contributed by atoms with E-state index < -0.39 is 0 Å². The van der Waals surface area contributed by atoms with Gasteiger partial charge in [-0.1, -0.05) is 0 Å². The average Bonchev–Trinajstić information content (AvgIpc) is 2.22. The molecule has 4 nitrogen and oxygen atoms in total. The summed E-state index contributed by atoms with van der Waals surface area (Å²) in [7, 11) is 3.23. The van der Waals surface area contributed by atoms with Crippen molar-refractivity contribution in [2.75, 3.05) is 26.1 Å². The summed E-state index contributed by atoms with van der Waals surface area (Å²) in [4.78, 5) is 4.16. The van der Waals surface area contributed by atoms with Crippen LogP contribution in [0, 0.1) is 6.92 Å². The first-order valence-electron chi connectivity index (χ1n) is 4.49. The highest BCUT2D eigenvalue weighted by molar-refractivity contribution is 5.46. The van der Waals surface area contributed by atoms with E-state index in [2.05, 4.69) is 10.3 Å². The highest BCUT2D eigenvalue weighted by Gasteiger charge is 2.05. The highest BCUT2D eigenvalue weighted by atomic mass is 16.7. The van der Waals surface area contributed by atoms with Crippen molar-refractivity contribution < 1.29 is 9.47 Å². The van der Waals surface area contributed by atoms with Gasteiger partial charge in [0.2, 0.25) is 0 Å². The van der Waals surface area contributed by atoms with Crippen LogP contribution in [0.1, 0.15) is 5.69 Å². The zero-order chi connectivity index (χ0) is 10.4. The Bertz CT molecular complexity index is 275. The van der Waals surface area contributed by atoms with Crippen molar-refractivity contribution >= 4 is 5.69 Å². The van der Waals surface area contributed by atoms with Crippen LogP contribution >= 0.6 is 0 Å². The van der Waals surface area contributed by atoms with E-state index in [4.69, 9.17) is 9.47 Å². The van der Waals surface area contributed by atoms with Crippen molar-refractivity contribution in [1.29, 1.82) is 0 Å². The van der Waals surface area contributed by atoms with E-state index in [1.165, 1.54) is 0 Å². The fraction of sp³-hybridized carbons (Fsp3) is 0.500. The Morgan fingerprint density at radius 2 is 2.14 bits per heavy atom. The third-order valence-corrected chi connectivity index (χ3v) is 1.99. The highest BCUT2D eigenvalue weighted by Crippen LogP contribution is 2.10. The van der Waals surface area contributed by atoms with Crippen LogP contribution < -0.4 is 5.32 Å². The molecule has 78 valence electrons. The van der Waals surface area contributed by atoms with Crippen molar-refractivity contribution in [3.63, 3.8) is 0 Å². The lowest BCUT2D eigenvalue weighted by molar-refractivity contribution is -0.0914. The first kappa shape index (κ1) is 10.9. The molecule has 1 aromatic heterocycles. The Morgan fingerprint density at radius 3 is 2.71 bits per heavy atom. The standard InChI is InChI=1S/C10H16N2O2/c1-8-9(5-4-6-11-8)12-7-10(13-2)14-3/h4-6,10,12H,7H2,1-3H3. The maximum absolute atomic E-state index is 5.06. The molecular formula is C10H16N2O2. The summed E-state index contributed by atoms with van der Waals surface area (Å²) < 4.78 is 10.1. The van der Waals surface area contributed by atoms with E-state index in [9.17, 15) is 0 Å². The summed E-state index contributed by atoms with van der Waals surface area (Å²) in [5.74, 6) is 0. The second kappa shape index (κ2) is 5.57. The molecule has 1 N–H and O–H groups in total. The fourth-order valence-electron chi connectivity index (χ4n) is 1.13. The van der Waals surface area contributed by atoms with Crippen LogP contribution in [0.2, 0.25) is 0 Å². The summed E-state index contributed by atoms with van der Waals surface area (Å²) in [5, 5.41) is 3.20. The van der Waals surface area contributed by atoms with Crippen LogP contribution in [-0.4, -0.2) is 32.0 Å². The molecule has 0 saturated heterocycles. The molecule has 0 bridgehead atoms. The predicted octanol–water partition coefficient (Wildman–Crippen LogP) is 1.42. The van der Waals surface area contributed by atoms with Gasteiger partial charge in [-0.3, -0.25) is 4.98 Å². The van der Waals surface area contributed by atoms with Crippen LogP contribution in [-0.2, 0) is 9.47 Å². The number of aryl methyl sites for hydroxylation is 1. The average molecular weight is 196 g/mol. The van der Waals surface area contributed by atoms with Gasteiger partial charge in [-0.05, 0) is 19.1 Å². The number of hydrogen-bond donors (Lipinski definition) is 1. The van der Waals surface area contributed by atoms with Gasteiger partial charge < -0.3 is 14.8 Å². The molecule has 0 unspecified atom stereocenters. The molecule has 1 rings (SSSR count). The number of aromatic nitrogens is 1. The molecule has 1 aromatic rings. The summed E-state index contributed by atoms with van der Waals surface area (Å²) in [5.41, 5.74) is 1.98. The lowest BCUT2D eigenvalue weighted by Crippen LogP contribution is -2.23. The van der Waals surface area contributed by atoms with Gasteiger partial charge >= 0.3 is 0 Å². The zero-order valence-electron chi connectivity index (χ0n) is 8.78. The first-order chi connectivity index (χ1) is 6.77. The SMILES string of the molecule is COC(CNc1cccnc1C)OC. The van der Waals surface area contributed by atoms with Crippen molar-refractivity contribution in [2.24, 2.45) is 0 Å².